The Hall–Kier alpha value is -0.930. The first-order chi connectivity index (χ1) is 7.13. The number of methoxy groups -OCH3 is 1. The van der Waals surface area contributed by atoms with Gasteiger partial charge in [0.2, 0.25) is 0 Å². The Morgan fingerprint density at radius 2 is 2.13 bits per heavy atom. The number of hydrogen-bond donors (Lipinski definition) is 1. The smallest absolute Gasteiger partial charge is 0.162 e. The van der Waals surface area contributed by atoms with Crippen molar-refractivity contribution in [2.24, 2.45) is 5.73 Å². The number of hydrogen-bond acceptors (Lipinski definition) is 3. The van der Waals surface area contributed by atoms with E-state index < -0.39 is 0 Å². The summed E-state index contributed by atoms with van der Waals surface area (Å²) in [6, 6.07) is 5.30. The van der Waals surface area contributed by atoms with E-state index in [4.69, 9.17) is 26.8 Å². The van der Waals surface area contributed by atoms with E-state index in [0.29, 0.717) is 23.1 Å². The van der Waals surface area contributed by atoms with Crippen LogP contribution in [0.15, 0.2) is 18.2 Å². The van der Waals surface area contributed by atoms with Crippen LogP contribution in [0.25, 0.3) is 0 Å². The predicted molar refractivity (Wildman–Crippen MR) is 59.7 cm³/mol. The minimum Gasteiger partial charge on any atom is -0.493 e. The summed E-state index contributed by atoms with van der Waals surface area (Å²) in [5.41, 5.74) is 5.80. The van der Waals surface area contributed by atoms with Crippen molar-refractivity contribution < 1.29 is 9.47 Å². The fraction of sp³-hybridized carbons (Fsp3) is 0.455. The van der Waals surface area contributed by atoms with E-state index in [1.807, 2.05) is 0 Å². The molecule has 0 heterocycles. The lowest BCUT2D eigenvalue weighted by atomic mass is 10.3. The van der Waals surface area contributed by atoms with Crippen LogP contribution in [0, 0.1) is 0 Å². The number of nitrogens with two attached hydrogens (primary N) is 1. The summed E-state index contributed by atoms with van der Waals surface area (Å²) in [4.78, 5) is 0. The van der Waals surface area contributed by atoms with E-state index in [9.17, 15) is 0 Å². The molecule has 1 aliphatic carbocycles. The van der Waals surface area contributed by atoms with Gasteiger partial charge < -0.3 is 15.2 Å². The molecule has 1 aromatic carbocycles. The van der Waals surface area contributed by atoms with Crippen LogP contribution in [-0.4, -0.2) is 19.3 Å². The summed E-state index contributed by atoms with van der Waals surface area (Å²) < 4.78 is 10.8. The molecular weight excluding hydrogens is 214 g/mol. The molecule has 1 aliphatic rings. The lowest BCUT2D eigenvalue weighted by molar-refractivity contribution is 0.264. The maximum Gasteiger partial charge on any atom is 0.162 e. The van der Waals surface area contributed by atoms with Gasteiger partial charge in [-0.25, -0.2) is 0 Å². The molecule has 0 amide bonds. The lowest BCUT2D eigenvalue weighted by Crippen LogP contribution is -2.29. The third kappa shape index (κ3) is 2.55. The molecule has 0 aliphatic heterocycles. The Morgan fingerprint density at radius 1 is 1.40 bits per heavy atom. The van der Waals surface area contributed by atoms with Crippen LogP contribution < -0.4 is 15.2 Å². The highest BCUT2D eigenvalue weighted by molar-refractivity contribution is 6.30. The van der Waals surface area contributed by atoms with Crippen molar-refractivity contribution in [1.82, 2.24) is 0 Å². The van der Waals surface area contributed by atoms with E-state index in [0.717, 1.165) is 12.8 Å². The van der Waals surface area contributed by atoms with Gasteiger partial charge in [0.1, 0.15) is 6.61 Å². The second-order valence-electron chi connectivity index (χ2n) is 3.95. The Morgan fingerprint density at radius 3 is 2.73 bits per heavy atom. The highest BCUT2D eigenvalue weighted by Crippen LogP contribution is 2.35. The first kappa shape index (κ1) is 10.6. The van der Waals surface area contributed by atoms with Gasteiger partial charge >= 0.3 is 0 Å². The molecule has 1 saturated carbocycles. The molecule has 1 fully saturated rings. The predicted octanol–water partition coefficient (Wildman–Crippen LogP) is 2.22. The van der Waals surface area contributed by atoms with Crippen molar-refractivity contribution in [3.05, 3.63) is 23.2 Å². The molecule has 1 aromatic rings. The summed E-state index contributed by atoms with van der Waals surface area (Å²) in [6.07, 6.45) is 2.06. The Bertz CT molecular complexity index is 364. The third-order valence-corrected chi connectivity index (χ3v) is 2.77. The van der Waals surface area contributed by atoms with Gasteiger partial charge in [-0.05, 0) is 25.0 Å². The maximum absolute atomic E-state index is 5.92. The van der Waals surface area contributed by atoms with Crippen molar-refractivity contribution in [2.45, 2.75) is 18.4 Å². The molecule has 0 bridgehead atoms. The average molecular weight is 228 g/mol. The van der Waals surface area contributed by atoms with Crippen molar-refractivity contribution in [1.29, 1.82) is 0 Å². The normalized spacial score (nSPS) is 17.3. The quantitative estimate of drug-likeness (QED) is 0.858. The van der Waals surface area contributed by atoms with Crippen LogP contribution in [-0.2, 0) is 0 Å². The van der Waals surface area contributed by atoms with Gasteiger partial charge in [0.05, 0.1) is 12.6 Å². The number of halogens is 1. The van der Waals surface area contributed by atoms with Crippen LogP contribution in [0.2, 0.25) is 5.02 Å². The van der Waals surface area contributed by atoms with Crippen LogP contribution in [0.5, 0.6) is 11.5 Å². The molecule has 4 heteroatoms. The zero-order chi connectivity index (χ0) is 10.9. The second-order valence-corrected chi connectivity index (χ2v) is 4.38. The first-order valence-corrected chi connectivity index (χ1v) is 5.26. The molecule has 0 saturated heterocycles. The average Bonchev–Trinajstić information content (AvgIpc) is 2.95. The van der Waals surface area contributed by atoms with Gasteiger partial charge in [0.15, 0.2) is 11.5 Å². The van der Waals surface area contributed by atoms with E-state index in [-0.39, 0.29) is 5.54 Å². The van der Waals surface area contributed by atoms with E-state index >= 15 is 0 Å². The molecule has 0 aromatic heterocycles. The molecule has 0 atom stereocenters. The van der Waals surface area contributed by atoms with E-state index in [2.05, 4.69) is 0 Å². The first-order valence-electron chi connectivity index (χ1n) is 4.88. The Balaban J connectivity index is 2.06. The number of rotatable bonds is 4. The van der Waals surface area contributed by atoms with Gasteiger partial charge in [-0.2, -0.15) is 0 Å². The summed E-state index contributed by atoms with van der Waals surface area (Å²) in [6.45, 7) is 0.533. The molecule has 0 radical (unpaired) electrons. The SMILES string of the molecule is COc1cc(Cl)ccc1OCC1(N)CC1. The second kappa shape index (κ2) is 3.91. The fourth-order valence-electron chi connectivity index (χ4n) is 1.29. The highest BCUT2D eigenvalue weighted by atomic mass is 35.5. The molecule has 2 N–H and O–H groups in total. The topological polar surface area (TPSA) is 44.5 Å². The molecule has 2 rings (SSSR count). The molecule has 15 heavy (non-hydrogen) atoms. The molecule has 3 nitrogen and oxygen atoms in total. The summed E-state index contributed by atoms with van der Waals surface area (Å²) in [7, 11) is 1.59. The third-order valence-electron chi connectivity index (χ3n) is 2.53. The summed E-state index contributed by atoms with van der Waals surface area (Å²) in [5.74, 6) is 1.34. The van der Waals surface area contributed by atoms with Gasteiger partial charge in [-0.1, -0.05) is 11.6 Å². The van der Waals surface area contributed by atoms with E-state index in [1.165, 1.54) is 0 Å². The highest BCUT2D eigenvalue weighted by Gasteiger charge is 2.39. The monoisotopic (exact) mass is 227 g/mol. The van der Waals surface area contributed by atoms with Crippen molar-refractivity contribution in [3.8, 4) is 11.5 Å². The van der Waals surface area contributed by atoms with Crippen LogP contribution in [0.3, 0.4) is 0 Å². The minimum absolute atomic E-state index is 0.120. The Kier molecular flexibility index (Phi) is 2.76. The minimum atomic E-state index is -0.120. The van der Waals surface area contributed by atoms with Crippen molar-refractivity contribution >= 4 is 11.6 Å². The van der Waals surface area contributed by atoms with Crippen molar-refractivity contribution in [2.75, 3.05) is 13.7 Å². The standard InChI is InChI=1S/C11H14ClNO2/c1-14-10-6-8(12)2-3-9(10)15-7-11(13)4-5-11/h2-3,6H,4-5,7,13H2,1H3. The Labute approximate surface area is 94.1 Å². The summed E-state index contributed by atoms with van der Waals surface area (Å²) in [5, 5.41) is 0.632. The van der Waals surface area contributed by atoms with Gasteiger partial charge in [0, 0.05) is 11.1 Å². The summed E-state index contributed by atoms with van der Waals surface area (Å²) >= 11 is 5.84. The largest absolute Gasteiger partial charge is 0.493 e. The number of ether oxygens (including phenoxy) is 2. The zero-order valence-electron chi connectivity index (χ0n) is 8.63. The molecule has 82 valence electrons. The van der Waals surface area contributed by atoms with Crippen LogP contribution >= 0.6 is 11.6 Å². The van der Waals surface area contributed by atoms with Gasteiger partial charge in [-0.3, -0.25) is 0 Å². The van der Waals surface area contributed by atoms with Gasteiger partial charge in [-0.15, -0.1) is 0 Å². The lowest BCUT2D eigenvalue weighted by Gasteiger charge is -2.13. The number of benzene rings is 1. The van der Waals surface area contributed by atoms with Crippen molar-refractivity contribution in [3.63, 3.8) is 0 Å². The van der Waals surface area contributed by atoms with E-state index in [1.54, 1.807) is 25.3 Å². The van der Waals surface area contributed by atoms with Crippen LogP contribution in [0.1, 0.15) is 12.8 Å². The fourth-order valence-corrected chi connectivity index (χ4v) is 1.45. The molecule has 0 spiro atoms. The zero-order valence-corrected chi connectivity index (χ0v) is 9.38. The molecule has 0 unspecified atom stereocenters. The molecular formula is C11H14ClNO2. The van der Waals surface area contributed by atoms with Crippen LogP contribution in [0.4, 0.5) is 0 Å². The maximum atomic E-state index is 5.92. The van der Waals surface area contributed by atoms with Gasteiger partial charge in [0.25, 0.3) is 0 Å².